The molecule has 0 radical (unpaired) electrons. The molecule has 0 saturated heterocycles. The quantitative estimate of drug-likeness (QED) is 0.192. The molecule has 0 aliphatic heterocycles. The largest absolute Gasteiger partial charge is 0.443 e. The van der Waals surface area contributed by atoms with Gasteiger partial charge in [-0.25, -0.2) is 19.2 Å². The van der Waals surface area contributed by atoms with Gasteiger partial charge in [-0.05, 0) is 78.3 Å². The number of carbonyl (C=O) groups excluding carboxylic acids is 2. The Hall–Kier alpha value is -5.00. The van der Waals surface area contributed by atoms with Crippen LogP contribution in [-0.4, -0.2) is 47.9 Å². The molecule has 214 valence electrons. The van der Waals surface area contributed by atoms with E-state index < -0.39 is 28.3 Å². The molecule has 0 unspecified atom stereocenters. The SMILES string of the molecule is Cc1cc([N+](=O)[O-])ccc1N(C(=O)OC(C)(C)C)c1cc(-c2ccc(-n3cccn3)cc2)n(C(=O)OC(C)(C)C)n1. The predicted octanol–water partition coefficient (Wildman–Crippen LogP) is 6.81. The van der Waals surface area contributed by atoms with E-state index in [4.69, 9.17) is 9.47 Å². The molecular weight excluding hydrogens is 528 g/mol. The van der Waals surface area contributed by atoms with Gasteiger partial charge in [0.2, 0.25) is 0 Å². The van der Waals surface area contributed by atoms with Gasteiger partial charge >= 0.3 is 12.2 Å². The Morgan fingerprint density at radius 1 is 0.951 bits per heavy atom. The lowest BCUT2D eigenvalue weighted by molar-refractivity contribution is -0.384. The van der Waals surface area contributed by atoms with Crippen LogP contribution in [0, 0.1) is 17.0 Å². The number of ether oxygens (including phenoxy) is 2. The Bertz CT molecular complexity index is 1580. The highest BCUT2D eigenvalue weighted by molar-refractivity contribution is 5.97. The van der Waals surface area contributed by atoms with E-state index in [1.54, 1.807) is 77.5 Å². The van der Waals surface area contributed by atoms with Crippen molar-refractivity contribution < 1.29 is 24.0 Å². The van der Waals surface area contributed by atoms with E-state index in [2.05, 4.69) is 10.2 Å². The number of rotatable bonds is 5. The number of hydrogen-bond donors (Lipinski definition) is 0. The maximum atomic E-state index is 13.6. The molecule has 0 aliphatic rings. The Kier molecular flexibility index (Phi) is 7.69. The zero-order valence-electron chi connectivity index (χ0n) is 24.0. The highest BCUT2D eigenvalue weighted by Crippen LogP contribution is 2.35. The van der Waals surface area contributed by atoms with Crippen molar-refractivity contribution >= 4 is 29.4 Å². The van der Waals surface area contributed by atoms with E-state index in [1.165, 1.54) is 23.1 Å². The zero-order valence-corrected chi connectivity index (χ0v) is 24.0. The standard InChI is InChI=1S/C29H32N6O6/c1-19-17-22(35(38)39)13-14-23(19)33(26(36)40-28(2,3)4)25-18-24(34(31-25)27(37)41-29(5,6)7)20-9-11-21(12-10-20)32-16-8-15-30-32/h8-18H,1-7H3. The van der Waals surface area contributed by atoms with Crippen molar-refractivity contribution in [1.82, 2.24) is 19.6 Å². The summed E-state index contributed by atoms with van der Waals surface area (Å²) in [5.74, 6) is 0.0632. The minimum absolute atomic E-state index is 0.0632. The fraction of sp³-hybridized carbons (Fsp3) is 0.310. The van der Waals surface area contributed by atoms with E-state index in [9.17, 15) is 19.7 Å². The highest BCUT2D eigenvalue weighted by atomic mass is 16.6. The second kappa shape index (κ2) is 10.9. The Labute approximate surface area is 237 Å². The predicted molar refractivity (Wildman–Crippen MR) is 153 cm³/mol. The Balaban J connectivity index is 1.88. The van der Waals surface area contributed by atoms with Gasteiger partial charge in [0.15, 0.2) is 5.82 Å². The molecule has 2 aromatic carbocycles. The van der Waals surface area contributed by atoms with Crippen molar-refractivity contribution in [3.8, 4) is 16.9 Å². The van der Waals surface area contributed by atoms with Gasteiger partial charge in [-0.15, -0.1) is 5.10 Å². The third kappa shape index (κ3) is 6.78. The van der Waals surface area contributed by atoms with Gasteiger partial charge in [0, 0.05) is 36.2 Å². The molecule has 4 aromatic rings. The number of carbonyl (C=O) groups is 2. The van der Waals surface area contributed by atoms with Gasteiger partial charge in [0.1, 0.15) is 11.2 Å². The molecule has 4 rings (SSSR count). The van der Waals surface area contributed by atoms with Crippen molar-refractivity contribution in [3.05, 3.63) is 82.7 Å². The van der Waals surface area contributed by atoms with Crippen LogP contribution in [0.2, 0.25) is 0 Å². The second-order valence-corrected chi connectivity index (χ2v) is 11.3. The molecule has 0 spiro atoms. The van der Waals surface area contributed by atoms with Crippen LogP contribution in [0.5, 0.6) is 0 Å². The first-order valence-corrected chi connectivity index (χ1v) is 12.8. The Morgan fingerprint density at radius 3 is 2.15 bits per heavy atom. The van der Waals surface area contributed by atoms with Crippen molar-refractivity contribution in [1.29, 1.82) is 0 Å². The van der Waals surface area contributed by atoms with Crippen LogP contribution >= 0.6 is 0 Å². The summed E-state index contributed by atoms with van der Waals surface area (Å²) in [6.07, 6.45) is 1.95. The summed E-state index contributed by atoms with van der Waals surface area (Å²) in [4.78, 5) is 38.9. The molecule has 1 amide bonds. The summed E-state index contributed by atoms with van der Waals surface area (Å²) in [5, 5.41) is 20.1. The molecule has 0 bridgehead atoms. The molecule has 2 heterocycles. The van der Waals surface area contributed by atoms with Crippen molar-refractivity contribution in [3.63, 3.8) is 0 Å². The van der Waals surface area contributed by atoms with Crippen LogP contribution in [-0.2, 0) is 9.47 Å². The van der Waals surface area contributed by atoms with Gasteiger partial charge in [-0.1, -0.05) is 12.1 Å². The number of aryl methyl sites for hydroxylation is 1. The van der Waals surface area contributed by atoms with Gasteiger partial charge < -0.3 is 9.47 Å². The molecule has 12 heteroatoms. The number of anilines is 2. The van der Waals surface area contributed by atoms with E-state index in [0.29, 0.717) is 22.5 Å². The van der Waals surface area contributed by atoms with Gasteiger partial charge in [-0.2, -0.15) is 9.78 Å². The van der Waals surface area contributed by atoms with Crippen molar-refractivity contribution in [2.45, 2.75) is 59.7 Å². The molecule has 41 heavy (non-hydrogen) atoms. The fourth-order valence-corrected chi connectivity index (χ4v) is 3.96. The number of aromatic nitrogens is 4. The number of amides is 1. The molecule has 0 atom stereocenters. The average Bonchev–Trinajstić information content (AvgIpc) is 3.54. The topological polar surface area (TPSA) is 135 Å². The van der Waals surface area contributed by atoms with E-state index in [1.807, 2.05) is 24.4 Å². The summed E-state index contributed by atoms with van der Waals surface area (Å²) < 4.78 is 14.1. The Morgan fingerprint density at radius 2 is 1.61 bits per heavy atom. The van der Waals surface area contributed by atoms with Gasteiger partial charge in [0.05, 0.1) is 22.0 Å². The lowest BCUT2D eigenvalue weighted by atomic mass is 10.1. The molecule has 12 nitrogen and oxygen atoms in total. The highest BCUT2D eigenvalue weighted by Gasteiger charge is 2.31. The summed E-state index contributed by atoms with van der Waals surface area (Å²) in [7, 11) is 0. The van der Waals surface area contributed by atoms with Crippen LogP contribution in [0.15, 0.2) is 67.0 Å². The molecule has 2 aromatic heterocycles. The monoisotopic (exact) mass is 560 g/mol. The molecule has 0 N–H and O–H groups in total. The number of hydrogen-bond acceptors (Lipinski definition) is 8. The van der Waals surface area contributed by atoms with Crippen LogP contribution in [0.25, 0.3) is 16.9 Å². The first-order chi connectivity index (χ1) is 19.1. The smallest absolute Gasteiger partial charge is 0.435 e. The lowest BCUT2D eigenvalue weighted by Crippen LogP contribution is -2.34. The summed E-state index contributed by atoms with van der Waals surface area (Å²) >= 11 is 0. The molecular formula is C29H32N6O6. The van der Waals surface area contributed by atoms with Gasteiger partial charge in [0.25, 0.3) is 5.69 Å². The summed E-state index contributed by atoms with van der Waals surface area (Å²) in [5.41, 5.74) is 0.713. The fourth-order valence-electron chi connectivity index (χ4n) is 3.96. The lowest BCUT2D eigenvalue weighted by Gasteiger charge is -2.27. The maximum absolute atomic E-state index is 13.6. The van der Waals surface area contributed by atoms with Crippen LogP contribution in [0.3, 0.4) is 0 Å². The molecule has 0 fully saturated rings. The number of non-ortho nitro benzene ring substituents is 1. The van der Waals surface area contributed by atoms with Crippen LogP contribution < -0.4 is 4.90 Å². The van der Waals surface area contributed by atoms with E-state index in [-0.39, 0.29) is 11.5 Å². The first-order valence-electron chi connectivity index (χ1n) is 12.8. The number of benzene rings is 2. The summed E-state index contributed by atoms with van der Waals surface area (Å²) in [6, 6.07) is 14.7. The number of nitro benzene ring substituents is 1. The third-order valence-corrected chi connectivity index (χ3v) is 5.63. The molecule has 0 saturated carbocycles. The number of nitrogens with zero attached hydrogens (tertiary/aromatic N) is 6. The number of nitro groups is 1. The van der Waals surface area contributed by atoms with Crippen LogP contribution in [0.4, 0.5) is 26.8 Å². The molecule has 0 aliphatic carbocycles. The minimum atomic E-state index is -0.858. The van der Waals surface area contributed by atoms with E-state index in [0.717, 1.165) is 10.4 Å². The first kappa shape index (κ1) is 29.0. The minimum Gasteiger partial charge on any atom is -0.443 e. The third-order valence-electron chi connectivity index (χ3n) is 5.63. The second-order valence-electron chi connectivity index (χ2n) is 11.3. The maximum Gasteiger partial charge on any atom is 0.435 e. The van der Waals surface area contributed by atoms with Gasteiger partial charge in [-0.3, -0.25) is 10.1 Å². The average molecular weight is 561 g/mol. The summed E-state index contributed by atoms with van der Waals surface area (Å²) in [6.45, 7) is 12.0. The normalized spacial score (nSPS) is 11.7. The van der Waals surface area contributed by atoms with Crippen LogP contribution in [0.1, 0.15) is 47.1 Å². The van der Waals surface area contributed by atoms with Crippen molar-refractivity contribution in [2.24, 2.45) is 0 Å². The van der Waals surface area contributed by atoms with E-state index >= 15 is 0 Å². The van der Waals surface area contributed by atoms with Crippen molar-refractivity contribution in [2.75, 3.05) is 4.90 Å². The zero-order chi connectivity index (χ0) is 30.1.